The summed E-state index contributed by atoms with van der Waals surface area (Å²) in [5.41, 5.74) is 0.619. The Balaban J connectivity index is 2.73. The van der Waals surface area contributed by atoms with Crippen molar-refractivity contribution in [1.29, 1.82) is 0 Å². The molecule has 0 radical (unpaired) electrons. The van der Waals surface area contributed by atoms with Gasteiger partial charge in [0.05, 0.1) is 5.56 Å². The van der Waals surface area contributed by atoms with Crippen LogP contribution in [0.15, 0.2) is 27.1 Å². The van der Waals surface area contributed by atoms with Crippen LogP contribution in [0.25, 0.3) is 0 Å². The molecule has 94 valence electrons. The Morgan fingerprint density at radius 2 is 2.06 bits per heavy atom. The largest absolute Gasteiger partial charge is 0.349 e. The van der Waals surface area contributed by atoms with Crippen LogP contribution in [0.5, 0.6) is 0 Å². The fraction of sp³-hybridized carbons (Fsp3) is 0.417. The average Bonchev–Trinajstić information content (AvgIpc) is 2.20. The average molecular weight is 384 g/mol. The molecule has 0 spiro atoms. The van der Waals surface area contributed by atoms with E-state index < -0.39 is 0 Å². The van der Waals surface area contributed by atoms with Crippen LogP contribution >= 0.6 is 43.5 Å². The molecule has 0 aliphatic heterocycles. The predicted molar refractivity (Wildman–Crippen MR) is 78.7 cm³/mol. The summed E-state index contributed by atoms with van der Waals surface area (Å²) in [6, 6.07) is 5.57. The van der Waals surface area contributed by atoms with Gasteiger partial charge in [0.25, 0.3) is 5.91 Å². The van der Waals surface area contributed by atoms with Gasteiger partial charge in [-0.05, 0) is 54.4 Å². The molecular weight excluding hydrogens is 369 g/mol. The van der Waals surface area contributed by atoms with Crippen molar-refractivity contribution in [2.75, 3.05) is 0 Å². The Bertz CT molecular complexity index is 409. The highest BCUT2D eigenvalue weighted by Crippen LogP contribution is 2.21. The van der Waals surface area contributed by atoms with Crippen molar-refractivity contribution in [1.82, 2.24) is 5.32 Å². The summed E-state index contributed by atoms with van der Waals surface area (Å²) in [7, 11) is 0. The van der Waals surface area contributed by atoms with Gasteiger partial charge in [0.15, 0.2) is 0 Å². The molecule has 17 heavy (non-hydrogen) atoms. The zero-order valence-corrected chi connectivity index (χ0v) is 13.6. The van der Waals surface area contributed by atoms with Gasteiger partial charge < -0.3 is 5.32 Å². The Labute approximate surface area is 123 Å². The van der Waals surface area contributed by atoms with Crippen LogP contribution in [0.4, 0.5) is 0 Å². The van der Waals surface area contributed by atoms with E-state index in [9.17, 15) is 4.79 Å². The molecule has 0 heterocycles. The third-order valence-electron chi connectivity index (χ3n) is 2.23. The van der Waals surface area contributed by atoms with Gasteiger partial charge in [-0.2, -0.15) is 0 Å². The van der Waals surface area contributed by atoms with Crippen LogP contribution in [-0.4, -0.2) is 17.3 Å². The number of hydrogen-bond donors (Lipinski definition) is 1. The molecule has 2 nitrogen and oxygen atoms in total. The lowest BCUT2D eigenvalue weighted by Crippen LogP contribution is -2.34. The first-order valence-electron chi connectivity index (χ1n) is 5.30. The van der Waals surface area contributed by atoms with E-state index in [4.69, 9.17) is 11.6 Å². The van der Waals surface area contributed by atoms with Crippen LogP contribution in [0, 0.1) is 0 Å². The maximum Gasteiger partial charge on any atom is 0.252 e. The van der Waals surface area contributed by atoms with Gasteiger partial charge in [0, 0.05) is 20.4 Å². The highest BCUT2D eigenvalue weighted by Gasteiger charge is 2.14. The number of alkyl halides is 1. The van der Waals surface area contributed by atoms with Gasteiger partial charge in [-0.1, -0.05) is 15.9 Å². The van der Waals surface area contributed by atoms with Crippen LogP contribution in [-0.2, 0) is 0 Å². The normalized spacial score (nSPS) is 14.2. The third-order valence-corrected chi connectivity index (χ3v) is 3.59. The fourth-order valence-electron chi connectivity index (χ4n) is 1.52. The standard InChI is InChI=1S/C12H14Br2ClNO/c1-7(15)5-8(2)16-12(17)10-6-9(13)3-4-11(10)14/h3-4,6-8H,5H2,1-2H3,(H,16,17). The molecule has 1 aromatic carbocycles. The zero-order valence-electron chi connectivity index (χ0n) is 9.64. The Morgan fingerprint density at radius 3 is 2.65 bits per heavy atom. The van der Waals surface area contributed by atoms with Crippen molar-refractivity contribution in [3.05, 3.63) is 32.7 Å². The minimum Gasteiger partial charge on any atom is -0.349 e. The molecule has 0 saturated carbocycles. The highest BCUT2D eigenvalue weighted by molar-refractivity contribution is 9.11. The number of benzene rings is 1. The lowest BCUT2D eigenvalue weighted by molar-refractivity contribution is 0.0937. The molecule has 0 saturated heterocycles. The quantitative estimate of drug-likeness (QED) is 0.770. The van der Waals surface area contributed by atoms with Gasteiger partial charge in [0.2, 0.25) is 0 Å². The van der Waals surface area contributed by atoms with Gasteiger partial charge in [0.1, 0.15) is 0 Å². The number of nitrogens with one attached hydrogen (secondary N) is 1. The van der Waals surface area contributed by atoms with Crippen molar-refractivity contribution in [3.63, 3.8) is 0 Å². The third kappa shape index (κ3) is 4.98. The summed E-state index contributed by atoms with van der Waals surface area (Å²) in [6.45, 7) is 3.86. The molecule has 5 heteroatoms. The van der Waals surface area contributed by atoms with E-state index in [1.54, 1.807) is 6.07 Å². The molecular formula is C12H14Br2ClNO. The number of carbonyl (C=O) groups is 1. The topological polar surface area (TPSA) is 29.1 Å². The Kier molecular flexibility index (Phi) is 5.97. The lowest BCUT2D eigenvalue weighted by Gasteiger charge is -2.15. The minimum absolute atomic E-state index is 0.0521. The lowest BCUT2D eigenvalue weighted by atomic mass is 10.1. The molecule has 0 fully saturated rings. The SMILES string of the molecule is CC(Cl)CC(C)NC(=O)c1cc(Br)ccc1Br. The summed E-state index contributed by atoms with van der Waals surface area (Å²) in [5.74, 6) is -0.0945. The maximum atomic E-state index is 12.0. The number of halogens is 3. The summed E-state index contributed by atoms with van der Waals surface area (Å²) in [4.78, 5) is 12.0. The van der Waals surface area contributed by atoms with E-state index in [1.165, 1.54) is 0 Å². The van der Waals surface area contributed by atoms with E-state index in [0.29, 0.717) is 5.56 Å². The number of rotatable bonds is 4. The molecule has 0 bridgehead atoms. The van der Waals surface area contributed by atoms with Crippen molar-refractivity contribution in [2.24, 2.45) is 0 Å². The van der Waals surface area contributed by atoms with Gasteiger partial charge in [-0.15, -0.1) is 11.6 Å². The van der Waals surface area contributed by atoms with Gasteiger partial charge in [-0.25, -0.2) is 0 Å². The number of hydrogen-bond acceptors (Lipinski definition) is 1. The Morgan fingerprint density at radius 1 is 1.41 bits per heavy atom. The van der Waals surface area contributed by atoms with Gasteiger partial charge >= 0.3 is 0 Å². The monoisotopic (exact) mass is 381 g/mol. The first kappa shape index (κ1) is 15.0. The molecule has 0 aliphatic rings. The molecule has 1 rings (SSSR count). The van der Waals surface area contributed by atoms with E-state index in [2.05, 4.69) is 37.2 Å². The number of carbonyl (C=O) groups excluding carboxylic acids is 1. The summed E-state index contributed by atoms with van der Waals surface area (Å²) in [5, 5.41) is 2.97. The minimum atomic E-state index is -0.0945. The summed E-state index contributed by atoms with van der Waals surface area (Å²) < 4.78 is 1.66. The van der Waals surface area contributed by atoms with Crippen LogP contribution in [0.3, 0.4) is 0 Å². The van der Waals surface area contributed by atoms with Crippen molar-refractivity contribution >= 4 is 49.4 Å². The second kappa shape index (κ2) is 6.76. The first-order chi connectivity index (χ1) is 7.90. The van der Waals surface area contributed by atoms with Crippen LogP contribution in [0.2, 0.25) is 0 Å². The first-order valence-corrected chi connectivity index (χ1v) is 7.32. The smallest absolute Gasteiger partial charge is 0.252 e. The summed E-state index contributed by atoms with van der Waals surface area (Å²) in [6.07, 6.45) is 0.749. The predicted octanol–water partition coefficient (Wildman–Crippen LogP) is 4.35. The molecule has 2 atom stereocenters. The van der Waals surface area contributed by atoms with E-state index in [1.807, 2.05) is 26.0 Å². The van der Waals surface area contributed by atoms with Crippen LogP contribution < -0.4 is 5.32 Å². The van der Waals surface area contributed by atoms with Gasteiger partial charge in [-0.3, -0.25) is 4.79 Å². The Hall–Kier alpha value is -0.0600. The van der Waals surface area contributed by atoms with Crippen LogP contribution in [0.1, 0.15) is 30.6 Å². The van der Waals surface area contributed by atoms with Crippen molar-refractivity contribution in [2.45, 2.75) is 31.7 Å². The number of amides is 1. The second-order valence-corrected chi connectivity index (χ2v) is 6.53. The van der Waals surface area contributed by atoms with E-state index >= 15 is 0 Å². The molecule has 2 unspecified atom stereocenters. The molecule has 1 N–H and O–H groups in total. The van der Waals surface area contributed by atoms with E-state index in [-0.39, 0.29) is 17.3 Å². The zero-order chi connectivity index (χ0) is 13.0. The van der Waals surface area contributed by atoms with E-state index in [0.717, 1.165) is 15.4 Å². The molecule has 0 aliphatic carbocycles. The molecule has 0 aromatic heterocycles. The molecule has 1 amide bonds. The summed E-state index contributed by atoms with van der Waals surface area (Å²) >= 11 is 12.6. The maximum absolute atomic E-state index is 12.0. The van der Waals surface area contributed by atoms with Crippen molar-refractivity contribution in [3.8, 4) is 0 Å². The highest BCUT2D eigenvalue weighted by atomic mass is 79.9. The van der Waals surface area contributed by atoms with Crippen molar-refractivity contribution < 1.29 is 4.79 Å². The second-order valence-electron chi connectivity index (χ2n) is 4.02. The fourth-order valence-corrected chi connectivity index (χ4v) is 2.57. The molecule has 1 aromatic rings.